The molecule has 0 atom stereocenters. The molecule has 0 saturated heterocycles. The molecule has 0 spiro atoms. The van der Waals surface area contributed by atoms with E-state index in [1.807, 2.05) is 60.7 Å². The highest BCUT2D eigenvalue weighted by Crippen LogP contribution is 2.50. The lowest BCUT2D eigenvalue weighted by Crippen LogP contribution is -2.11. The molecule has 0 radical (unpaired) electrons. The number of hydrogen-bond donors (Lipinski definition) is 0. The molecule has 9 aromatic carbocycles. The van der Waals surface area contributed by atoms with Crippen molar-refractivity contribution in [2.24, 2.45) is 0 Å². The van der Waals surface area contributed by atoms with E-state index in [0.29, 0.717) is 23.0 Å². The molecule has 64 heavy (non-hydrogen) atoms. The maximum absolute atomic E-state index is 9.67. The van der Waals surface area contributed by atoms with Crippen molar-refractivity contribution in [3.8, 4) is 12.1 Å². The van der Waals surface area contributed by atoms with E-state index in [9.17, 15) is 10.5 Å². The molecule has 306 valence electrons. The number of hydrogen-bond acceptors (Lipinski definition) is 6. The van der Waals surface area contributed by atoms with Crippen molar-refractivity contribution in [2.75, 3.05) is 9.80 Å². The van der Waals surface area contributed by atoms with Gasteiger partial charge >= 0.3 is 0 Å². The standard InChI is InChI=1S/C58H42N4O2/c1-35(2)39-17-25-43(26-18-39)61(41-21-13-37(33-59)14-22-41)49-31-53-55(47-11-7-5-9-45(47)49)57-51(63-53)29-30-52-58(57)56-48-12-8-6-10-46(48)50(32-54(56)64-52)62(42-23-15-38(34-60)16-24-42)44-27-19-40(20-28-44)36(3)4/h5-32,35-36H,1-4H3. The van der Waals surface area contributed by atoms with Gasteiger partial charge in [-0.1, -0.05) is 100 Å². The van der Waals surface area contributed by atoms with Crippen molar-refractivity contribution in [3.63, 3.8) is 0 Å². The Kier molecular flexibility index (Phi) is 9.19. The number of nitriles is 2. The monoisotopic (exact) mass is 826 g/mol. The van der Waals surface area contributed by atoms with E-state index in [0.717, 1.165) is 99.5 Å². The van der Waals surface area contributed by atoms with Crippen molar-refractivity contribution in [3.05, 3.63) is 192 Å². The number of fused-ring (bicyclic) bond motifs is 11. The van der Waals surface area contributed by atoms with Gasteiger partial charge in [0.25, 0.3) is 0 Å². The maximum atomic E-state index is 9.67. The predicted octanol–water partition coefficient (Wildman–Crippen LogP) is 16.7. The number of rotatable bonds is 8. The van der Waals surface area contributed by atoms with Crippen LogP contribution in [0.4, 0.5) is 34.1 Å². The van der Waals surface area contributed by atoms with Crippen LogP contribution < -0.4 is 9.80 Å². The van der Waals surface area contributed by atoms with E-state index in [4.69, 9.17) is 8.83 Å². The zero-order valence-corrected chi connectivity index (χ0v) is 35.9. The van der Waals surface area contributed by atoms with Gasteiger partial charge in [0.1, 0.15) is 22.3 Å². The van der Waals surface area contributed by atoms with E-state index in [2.05, 4.69) is 159 Å². The van der Waals surface area contributed by atoms with Crippen molar-refractivity contribution in [1.29, 1.82) is 10.5 Å². The summed E-state index contributed by atoms with van der Waals surface area (Å²) in [7, 11) is 0. The molecule has 2 heterocycles. The summed E-state index contributed by atoms with van der Waals surface area (Å²) in [5, 5.41) is 27.7. The Labute approximate surface area is 371 Å². The van der Waals surface area contributed by atoms with Gasteiger partial charge in [-0.05, 0) is 119 Å². The fourth-order valence-electron chi connectivity index (χ4n) is 9.42. The molecule has 0 amide bonds. The number of anilines is 6. The molecule has 0 saturated carbocycles. The van der Waals surface area contributed by atoms with Crippen LogP contribution in [0.1, 0.15) is 61.8 Å². The lowest BCUT2D eigenvalue weighted by molar-refractivity contribution is 0.663. The van der Waals surface area contributed by atoms with Gasteiger partial charge in [0.2, 0.25) is 0 Å². The summed E-state index contributed by atoms with van der Waals surface area (Å²) in [5.41, 5.74) is 12.6. The first-order valence-electron chi connectivity index (χ1n) is 21.7. The van der Waals surface area contributed by atoms with Crippen LogP contribution >= 0.6 is 0 Å². The highest BCUT2D eigenvalue weighted by molar-refractivity contribution is 6.35. The second-order valence-corrected chi connectivity index (χ2v) is 17.1. The van der Waals surface area contributed by atoms with Gasteiger partial charge in [-0.2, -0.15) is 10.5 Å². The third kappa shape index (κ3) is 6.23. The fraction of sp³-hybridized carbons (Fsp3) is 0.103. The quantitative estimate of drug-likeness (QED) is 0.152. The Balaban J connectivity index is 1.17. The molecule has 0 fully saturated rings. The van der Waals surface area contributed by atoms with Crippen LogP contribution in [-0.2, 0) is 0 Å². The molecular formula is C58H42N4O2. The van der Waals surface area contributed by atoms with Crippen LogP contribution in [0.5, 0.6) is 0 Å². The molecular weight excluding hydrogens is 785 g/mol. The number of benzene rings is 9. The predicted molar refractivity (Wildman–Crippen MR) is 263 cm³/mol. The van der Waals surface area contributed by atoms with Crippen LogP contribution in [0.2, 0.25) is 0 Å². The van der Waals surface area contributed by atoms with Crippen LogP contribution in [-0.4, -0.2) is 0 Å². The Morgan fingerprint density at radius 1 is 0.375 bits per heavy atom. The van der Waals surface area contributed by atoms with E-state index < -0.39 is 0 Å². The minimum absolute atomic E-state index is 0.396. The SMILES string of the molecule is CC(C)c1ccc(N(c2ccc(C#N)cc2)c2cc3oc4ccc5oc6cc(N(c7ccc(C#N)cc7)c7ccc(C(C)C)cc7)c7ccccc7c6c5c4c3c3ccccc23)cc1. The van der Waals surface area contributed by atoms with Crippen LogP contribution in [0.3, 0.4) is 0 Å². The summed E-state index contributed by atoms with van der Waals surface area (Å²) in [6.45, 7) is 8.82. The Morgan fingerprint density at radius 2 is 0.703 bits per heavy atom. The van der Waals surface area contributed by atoms with E-state index >= 15 is 0 Å². The van der Waals surface area contributed by atoms with Gasteiger partial charge in [-0.3, -0.25) is 0 Å². The zero-order valence-electron chi connectivity index (χ0n) is 35.9. The molecule has 11 rings (SSSR count). The van der Waals surface area contributed by atoms with Gasteiger partial charge in [0, 0.05) is 67.2 Å². The summed E-state index contributed by atoms with van der Waals surface area (Å²) in [6.07, 6.45) is 0. The van der Waals surface area contributed by atoms with Crippen molar-refractivity contribution < 1.29 is 8.83 Å². The third-order valence-corrected chi connectivity index (χ3v) is 12.7. The third-order valence-electron chi connectivity index (χ3n) is 12.7. The fourth-order valence-corrected chi connectivity index (χ4v) is 9.42. The molecule has 2 aromatic heterocycles. The lowest BCUT2D eigenvalue weighted by atomic mass is 9.96. The van der Waals surface area contributed by atoms with Crippen LogP contribution in [0, 0.1) is 22.7 Å². The van der Waals surface area contributed by atoms with Crippen molar-refractivity contribution in [1.82, 2.24) is 0 Å². The molecule has 0 bridgehead atoms. The first kappa shape index (κ1) is 38.6. The average Bonchev–Trinajstić information content (AvgIpc) is 3.91. The topological polar surface area (TPSA) is 80.3 Å². The van der Waals surface area contributed by atoms with Gasteiger partial charge < -0.3 is 18.6 Å². The Morgan fingerprint density at radius 3 is 1.03 bits per heavy atom. The first-order valence-corrected chi connectivity index (χ1v) is 21.7. The van der Waals surface area contributed by atoms with Crippen molar-refractivity contribution in [2.45, 2.75) is 39.5 Å². The smallest absolute Gasteiger partial charge is 0.138 e. The van der Waals surface area contributed by atoms with E-state index in [1.54, 1.807) is 0 Å². The summed E-state index contributed by atoms with van der Waals surface area (Å²) in [5.74, 6) is 0.793. The summed E-state index contributed by atoms with van der Waals surface area (Å²) in [6, 6.07) is 63.0. The molecule has 0 aliphatic heterocycles. The highest BCUT2D eigenvalue weighted by Gasteiger charge is 2.26. The van der Waals surface area contributed by atoms with Crippen molar-refractivity contribution >= 4 is 99.5 Å². The highest BCUT2D eigenvalue weighted by atomic mass is 16.3. The van der Waals surface area contributed by atoms with Crippen LogP contribution in [0.25, 0.3) is 65.4 Å². The summed E-state index contributed by atoms with van der Waals surface area (Å²) < 4.78 is 13.9. The maximum Gasteiger partial charge on any atom is 0.138 e. The molecule has 0 unspecified atom stereocenters. The van der Waals surface area contributed by atoms with Crippen LogP contribution in [0.15, 0.2) is 179 Å². The number of furan rings is 2. The van der Waals surface area contributed by atoms with E-state index in [-0.39, 0.29) is 0 Å². The summed E-state index contributed by atoms with van der Waals surface area (Å²) >= 11 is 0. The number of nitrogens with zero attached hydrogens (tertiary/aromatic N) is 4. The molecule has 0 aliphatic rings. The minimum Gasteiger partial charge on any atom is -0.456 e. The van der Waals surface area contributed by atoms with Gasteiger partial charge in [-0.25, -0.2) is 0 Å². The second kappa shape index (κ2) is 15.2. The minimum atomic E-state index is 0.396. The van der Waals surface area contributed by atoms with Gasteiger partial charge in [0.05, 0.1) is 34.6 Å². The Bertz CT molecular complexity index is 3430. The summed E-state index contributed by atoms with van der Waals surface area (Å²) in [4.78, 5) is 4.52. The largest absolute Gasteiger partial charge is 0.456 e. The first-order chi connectivity index (χ1) is 31.3. The molecule has 0 N–H and O–H groups in total. The molecule has 6 heteroatoms. The van der Waals surface area contributed by atoms with Gasteiger partial charge in [0.15, 0.2) is 0 Å². The normalized spacial score (nSPS) is 11.7. The van der Waals surface area contributed by atoms with Gasteiger partial charge in [-0.15, -0.1) is 0 Å². The zero-order chi connectivity index (χ0) is 43.6. The molecule has 0 aliphatic carbocycles. The van der Waals surface area contributed by atoms with E-state index in [1.165, 1.54) is 11.1 Å². The Hall–Kier alpha value is -8.32. The second-order valence-electron chi connectivity index (χ2n) is 17.1. The molecule has 6 nitrogen and oxygen atoms in total. The lowest BCUT2D eigenvalue weighted by Gasteiger charge is -2.27. The average molecular weight is 827 g/mol. The molecule has 11 aromatic rings.